The highest BCUT2D eigenvalue weighted by Crippen LogP contribution is 2.26. The molecule has 11 nitrogen and oxygen atoms in total. The maximum absolute atomic E-state index is 13.3. The van der Waals surface area contributed by atoms with E-state index in [9.17, 15) is 18.8 Å². The van der Waals surface area contributed by atoms with E-state index in [2.05, 4.69) is 20.8 Å². The first kappa shape index (κ1) is 24.2. The van der Waals surface area contributed by atoms with E-state index in [0.29, 0.717) is 17.0 Å². The number of nitrogens with zero attached hydrogens (tertiary/aromatic N) is 2. The number of rotatable bonds is 8. The lowest BCUT2D eigenvalue weighted by atomic mass is 10.2. The van der Waals surface area contributed by atoms with Crippen molar-refractivity contribution in [3.8, 4) is 5.75 Å². The molecule has 0 bridgehead atoms. The molecule has 0 saturated carbocycles. The van der Waals surface area contributed by atoms with Crippen LogP contribution >= 0.6 is 11.8 Å². The van der Waals surface area contributed by atoms with Crippen LogP contribution in [0.4, 0.5) is 19.7 Å². The fourth-order valence-electron chi connectivity index (χ4n) is 3.43. The normalized spacial score (nSPS) is 19.6. The van der Waals surface area contributed by atoms with E-state index in [4.69, 9.17) is 10.6 Å². The second-order valence-corrected chi connectivity index (χ2v) is 8.40. The van der Waals surface area contributed by atoms with Crippen molar-refractivity contribution in [2.45, 2.75) is 25.3 Å². The number of nitrogens with two attached hydrogens (primary N) is 1. The Labute approximate surface area is 204 Å². The number of halogens is 1. The topological polar surface area (TPSA) is 138 Å². The molecule has 13 heteroatoms. The number of carbonyl (C=O) groups is 3. The minimum absolute atomic E-state index is 0.153. The summed E-state index contributed by atoms with van der Waals surface area (Å²) in [5.41, 5.74) is 0.975. The summed E-state index contributed by atoms with van der Waals surface area (Å²) in [5.74, 6) is 4.32. The quantitative estimate of drug-likeness (QED) is 0.401. The van der Waals surface area contributed by atoms with Crippen LogP contribution in [0.3, 0.4) is 0 Å². The lowest BCUT2D eigenvalue weighted by molar-refractivity contribution is -0.140. The van der Waals surface area contributed by atoms with Gasteiger partial charge < -0.3 is 20.2 Å². The molecule has 2 aliphatic rings. The van der Waals surface area contributed by atoms with Crippen molar-refractivity contribution in [3.63, 3.8) is 0 Å². The second kappa shape index (κ2) is 10.5. The monoisotopic (exact) mass is 502 g/mol. The number of thioether (sulfide) groups is 1. The summed E-state index contributed by atoms with van der Waals surface area (Å²) in [6, 6.07) is 11.6. The third kappa shape index (κ3) is 5.58. The summed E-state index contributed by atoms with van der Waals surface area (Å²) >= 11 is 1.24. The van der Waals surface area contributed by atoms with E-state index in [0.717, 1.165) is 4.90 Å². The SMILES string of the molecule is CCN1C(=O)NC(Nc2ccc(OC3NC(C(=O)ON)=CS3)cc2)N(Cc2ccc(F)cc2)C1=O. The Kier molecular flexibility index (Phi) is 7.27. The fourth-order valence-corrected chi connectivity index (χ4v) is 4.21. The molecule has 4 amide bonds. The zero-order valence-electron chi connectivity index (χ0n) is 18.6. The number of urea groups is 2. The molecule has 4 rings (SSSR count). The summed E-state index contributed by atoms with van der Waals surface area (Å²) in [5, 5.41) is 10.3. The zero-order valence-corrected chi connectivity index (χ0v) is 19.4. The Morgan fingerprint density at radius 3 is 2.51 bits per heavy atom. The molecule has 2 aliphatic heterocycles. The first-order valence-electron chi connectivity index (χ1n) is 10.6. The average molecular weight is 503 g/mol. The number of ether oxygens (including phenoxy) is 1. The molecule has 184 valence electrons. The first-order chi connectivity index (χ1) is 16.9. The smallest absolute Gasteiger partial charge is 0.373 e. The summed E-state index contributed by atoms with van der Waals surface area (Å²) in [4.78, 5) is 43.6. The van der Waals surface area contributed by atoms with Crippen LogP contribution < -0.4 is 26.6 Å². The van der Waals surface area contributed by atoms with E-state index < -0.39 is 29.9 Å². The van der Waals surface area contributed by atoms with Crippen LogP contribution in [0.5, 0.6) is 5.75 Å². The second-order valence-electron chi connectivity index (χ2n) is 7.47. The fraction of sp³-hybridized carbons (Fsp3) is 0.227. The maximum Gasteiger partial charge on any atom is 0.373 e. The number of benzene rings is 2. The van der Waals surface area contributed by atoms with Crippen molar-refractivity contribution in [3.05, 3.63) is 71.0 Å². The Morgan fingerprint density at radius 1 is 1.14 bits per heavy atom. The molecule has 2 atom stereocenters. The summed E-state index contributed by atoms with van der Waals surface area (Å²) in [7, 11) is 0. The van der Waals surface area contributed by atoms with Gasteiger partial charge in [0.15, 0.2) is 6.29 Å². The van der Waals surface area contributed by atoms with E-state index in [1.807, 2.05) is 0 Å². The standard InChI is InChI=1S/C22H23FN6O5S/c1-2-28-20(31)27-19(29(22(28)32)11-13-3-5-14(23)6-4-13)25-15-7-9-16(10-8-15)33-21-26-17(12-35-21)18(30)34-24/h3-10,12,19,21,25-26H,2,11,24H2,1H3,(H,27,31). The third-order valence-corrected chi connectivity index (χ3v) is 6.02. The highest BCUT2D eigenvalue weighted by Gasteiger charge is 2.37. The number of nitrogens with one attached hydrogen (secondary N) is 3. The Morgan fingerprint density at radius 2 is 1.86 bits per heavy atom. The van der Waals surface area contributed by atoms with Gasteiger partial charge in [-0.05, 0) is 48.9 Å². The van der Waals surface area contributed by atoms with Crippen molar-refractivity contribution >= 4 is 35.5 Å². The molecule has 2 unspecified atom stereocenters. The predicted molar refractivity (Wildman–Crippen MR) is 126 cm³/mol. The lowest BCUT2D eigenvalue weighted by Gasteiger charge is -2.41. The van der Waals surface area contributed by atoms with E-state index in [1.165, 1.54) is 28.8 Å². The molecule has 2 aromatic rings. The van der Waals surface area contributed by atoms with Gasteiger partial charge in [-0.15, -0.1) is 0 Å². The van der Waals surface area contributed by atoms with Crippen molar-refractivity contribution in [2.75, 3.05) is 11.9 Å². The third-order valence-electron chi connectivity index (χ3n) is 5.19. The van der Waals surface area contributed by atoms with E-state index in [-0.39, 0.29) is 24.6 Å². The Balaban J connectivity index is 1.43. The lowest BCUT2D eigenvalue weighted by Crippen LogP contribution is -2.66. The molecule has 2 aromatic carbocycles. The molecular weight excluding hydrogens is 479 g/mol. The van der Waals surface area contributed by atoms with Crippen LogP contribution in [0.1, 0.15) is 12.5 Å². The van der Waals surface area contributed by atoms with Gasteiger partial charge in [-0.25, -0.2) is 23.7 Å². The largest absolute Gasteiger partial charge is 0.461 e. The predicted octanol–water partition coefficient (Wildman–Crippen LogP) is 2.45. The van der Waals surface area contributed by atoms with Gasteiger partial charge in [-0.2, -0.15) is 5.90 Å². The van der Waals surface area contributed by atoms with Crippen LogP contribution in [0.2, 0.25) is 0 Å². The molecule has 1 fully saturated rings. The number of hydrogen-bond acceptors (Lipinski definition) is 9. The van der Waals surface area contributed by atoms with Gasteiger partial charge in [0.2, 0.25) is 5.56 Å². The van der Waals surface area contributed by atoms with Crippen LogP contribution in [0, 0.1) is 5.82 Å². The van der Waals surface area contributed by atoms with Crippen molar-refractivity contribution in [1.29, 1.82) is 0 Å². The summed E-state index contributed by atoms with van der Waals surface area (Å²) in [6.07, 6.45) is -0.837. The zero-order chi connectivity index (χ0) is 24.9. The highest BCUT2D eigenvalue weighted by molar-refractivity contribution is 8.02. The van der Waals surface area contributed by atoms with Gasteiger partial charge in [0.05, 0.1) is 6.54 Å². The Hall–Kier alpha value is -3.97. The van der Waals surface area contributed by atoms with Gasteiger partial charge in [0.25, 0.3) is 0 Å². The van der Waals surface area contributed by atoms with Crippen LogP contribution in [0.25, 0.3) is 0 Å². The molecule has 0 aromatic heterocycles. The summed E-state index contributed by atoms with van der Waals surface area (Å²) < 4.78 is 19.1. The number of imide groups is 1. The molecule has 5 N–H and O–H groups in total. The number of anilines is 1. The Bertz CT molecular complexity index is 1130. The molecule has 0 aliphatic carbocycles. The van der Waals surface area contributed by atoms with E-state index >= 15 is 0 Å². The van der Waals surface area contributed by atoms with Crippen molar-refractivity contribution in [1.82, 2.24) is 20.4 Å². The molecule has 2 heterocycles. The number of amides is 4. The van der Waals surface area contributed by atoms with Crippen LogP contribution in [0.15, 0.2) is 59.6 Å². The molecule has 35 heavy (non-hydrogen) atoms. The molecule has 0 radical (unpaired) electrons. The van der Waals surface area contributed by atoms with Crippen LogP contribution in [-0.4, -0.2) is 46.2 Å². The number of carbonyl (C=O) groups excluding carboxylic acids is 3. The highest BCUT2D eigenvalue weighted by atomic mass is 32.2. The molecule has 0 spiro atoms. The van der Waals surface area contributed by atoms with Gasteiger partial charge in [0.1, 0.15) is 17.3 Å². The minimum Gasteiger partial charge on any atom is -0.461 e. The minimum atomic E-state index is -0.837. The van der Waals surface area contributed by atoms with Crippen molar-refractivity contribution in [2.24, 2.45) is 5.90 Å². The average Bonchev–Trinajstić information content (AvgIpc) is 3.32. The van der Waals surface area contributed by atoms with E-state index in [1.54, 1.807) is 48.7 Å². The van der Waals surface area contributed by atoms with Gasteiger partial charge in [-0.1, -0.05) is 23.9 Å². The van der Waals surface area contributed by atoms with Gasteiger partial charge in [0, 0.05) is 17.6 Å². The maximum atomic E-state index is 13.3. The number of hydrogen-bond donors (Lipinski definition) is 4. The van der Waals surface area contributed by atoms with Crippen molar-refractivity contribution < 1.29 is 28.3 Å². The summed E-state index contributed by atoms with van der Waals surface area (Å²) in [6.45, 7) is 2.06. The molecule has 1 saturated heterocycles. The van der Waals surface area contributed by atoms with Gasteiger partial charge in [-0.3, -0.25) is 10.2 Å². The first-order valence-corrected chi connectivity index (χ1v) is 11.5. The van der Waals surface area contributed by atoms with Gasteiger partial charge >= 0.3 is 18.0 Å². The van der Waals surface area contributed by atoms with Crippen LogP contribution in [-0.2, 0) is 16.2 Å². The molecular formula is C22H23FN6O5S.